The van der Waals surface area contributed by atoms with Gasteiger partial charge in [0.1, 0.15) is 5.82 Å². The van der Waals surface area contributed by atoms with E-state index in [0.29, 0.717) is 23.0 Å². The number of hydrogen-bond acceptors (Lipinski definition) is 5. The number of carbonyl (C=O) groups excluding carboxylic acids is 1. The number of amides is 1. The first-order chi connectivity index (χ1) is 18.8. The van der Waals surface area contributed by atoms with Crippen LogP contribution in [-0.2, 0) is 28.4 Å². The molecular weight excluding hydrogens is 544 g/mol. The molecule has 1 atom stereocenters. The fraction of sp³-hybridized carbons (Fsp3) is 0.444. The van der Waals surface area contributed by atoms with Gasteiger partial charge in [0, 0.05) is 32.9 Å². The molecule has 0 radical (unpaired) electrons. The van der Waals surface area contributed by atoms with Crippen molar-refractivity contribution in [1.82, 2.24) is 14.5 Å². The van der Waals surface area contributed by atoms with Crippen molar-refractivity contribution in [1.29, 1.82) is 0 Å². The number of fused-ring (bicyclic) bond motifs is 1. The second-order valence-electron chi connectivity index (χ2n) is 9.00. The van der Waals surface area contributed by atoms with Crippen molar-refractivity contribution in [2.75, 3.05) is 34.0 Å². The zero-order valence-electron chi connectivity index (χ0n) is 22.1. The maximum Gasteiger partial charge on any atom is 0.416 e. The summed E-state index contributed by atoms with van der Waals surface area (Å²) < 4.78 is 92.7. The quantitative estimate of drug-likeness (QED) is 0.217. The zero-order valence-corrected chi connectivity index (χ0v) is 22.1. The number of halogens is 6. The molecule has 218 valence electrons. The van der Waals surface area contributed by atoms with Crippen molar-refractivity contribution in [3.63, 3.8) is 0 Å². The third kappa shape index (κ3) is 7.00. The van der Waals surface area contributed by atoms with E-state index in [1.165, 1.54) is 18.8 Å². The van der Waals surface area contributed by atoms with Gasteiger partial charge < -0.3 is 14.4 Å². The molecule has 0 aliphatic heterocycles. The number of carbonyl (C=O) groups is 1. The molecular formula is C27H29F6N3O4. The van der Waals surface area contributed by atoms with E-state index in [0.717, 1.165) is 4.90 Å². The molecule has 0 N–H and O–H groups in total. The van der Waals surface area contributed by atoms with Crippen LogP contribution < -0.4 is 5.56 Å². The number of nitrogens with zero attached hydrogens (tertiary/aromatic N) is 3. The highest BCUT2D eigenvalue weighted by Gasteiger charge is 2.38. The minimum atomic E-state index is -5.12. The Hall–Kier alpha value is -3.45. The molecule has 3 rings (SSSR count). The molecule has 0 aliphatic rings. The third-order valence-electron chi connectivity index (χ3n) is 6.31. The fourth-order valence-corrected chi connectivity index (χ4v) is 4.40. The van der Waals surface area contributed by atoms with Gasteiger partial charge in [0.05, 0.1) is 41.2 Å². The highest BCUT2D eigenvalue weighted by molar-refractivity contribution is 5.95. The summed E-state index contributed by atoms with van der Waals surface area (Å²) in [7, 11) is 2.85. The lowest BCUT2D eigenvalue weighted by atomic mass is 10.0. The Balaban J connectivity index is 2.23. The fourth-order valence-electron chi connectivity index (χ4n) is 4.40. The Morgan fingerprint density at radius 3 is 2.12 bits per heavy atom. The number of methoxy groups -OCH3 is 2. The van der Waals surface area contributed by atoms with E-state index < -0.39 is 46.6 Å². The second kappa shape index (κ2) is 12.8. The van der Waals surface area contributed by atoms with Gasteiger partial charge in [-0.05, 0) is 43.2 Å². The molecule has 0 saturated carbocycles. The standard InChI is InChI=1S/C27H29F6N3O4/c1-4-22(23-34-21-9-6-5-8-20(21)25(38)36(23)11-13-40-3)35(10-7-12-39-2)24(37)17-14-18(26(28,29)30)16-19(15-17)27(31,32)33/h5-6,8-9,14-16,22H,4,7,10-13H2,1-3H3. The van der Waals surface area contributed by atoms with Crippen LogP contribution in [0.25, 0.3) is 10.9 Å². The maximum atomic E-state index is 13.8. The lowest BCUT2D eigenvalue weighted by Gasteiger charge is -2.33. The van der Waals surface area contributed by atoms with Crippen LogP contribution in [0.1, 0.15) is 53.1 Å². The SMILES string of the molecule is CCC(c1nc2ccccc2c(=O)n1CCOC)N(CCCOC)C(=O)c1cc(C(F)(F)F)cc(C(F)(F)F)c1. The van der Waals surface area contributed by atoms with Crippen molar-refractivity contribution in [2.24, 2.45) is 0 Å². The van der Waals surface area contributed by atoms with Gasteiger partial charge >= 0.3 is 12.4 Å². The van der Waals surface area contributed by atoms with Gasteiger partial charge in [-0.15, -0.1) is 0 Å². The van der Waals surface area contributed by atoms with Gasteiger partial charge in [-0.1, -0.05) is 19.1 Å². The molecule has 0 spiro atoms. The van der Waals surface area contributed by atoms with Crippen molar-refractivity contribution < 1.29 is 40.6 Å². The van der Waals surface area contributed by atoms with Gasteiger partial charge in [-0.3, -0.25) is 14.2 Å². The van der Waals surface area contributed by atoms with Crippen LogP contribution in [0.5, 0.6) is 0 Å². The summed E-state index contributed by atoms with van der Waals surface area (Å²) in [6.07, 6.45) is -9.87. The van der Waals surface area contributed by atoms with E-state index in [2.05, 4.69) is 4.98 Å². The highest BCUT2D eigenvalue weighted by atomic mass is 19.4. The lowest BCUT2D eigenvalue weighted by molar-refractivity contribution is -0.143. The van der Waals surface area contributed by atoms with E-state index in [1.54, 1.807) is 31.2 Å². The van der Waals surface area contributed by atoms with Gasteiger partial charge in [-0.25, -0.2) is 4.98 Å². The Morgan fingerprint density at radius 2 is 1.57 bits per heavy atom. The zero-order chi connectivity index (χ0) is 29.7. The minimum absolute atomic E-state index is 0.0311. The average molecular weight is 574 g/mol. The van der Waals surface area contributed by atoms with Crippen LogP contribution in [0.4, 0.5) is 26.3 Å². The smallest absolute Gasteiger partial charge is 0.385 e. The lowest BCUT2D eigenvalue weighted by Crippen LogP contribution is -2.40. The summed E-state index contributed by atoms with van der Waals surface area (Å²) in [5.41, 5.74) is -4.08. The summed E-state index contributed by atoms with van der Waals surface area (Å²) in [5.74, 6) is -0.933. The number of hydrogen-bond donors (Lipinski definition) is 0. The van der Waals surface area contributed by atoms with Crippen molar-refractivity contribution in [3.8, 4) is 0 Å². The summed E-state index contributed by atoms with van der Waals surface area (Å²) in [5, 5.41) is 0.308. The first kappa shape index (κ1) is 31.1. The van der Waals surface area contributed by atoms with Gasteiger partial charge in [0.2, 0.25) is 0 Å². The van der Waals surface area contributed by atoms with E-state index in [1.807, 2.05) is 0 Å². The largest absolute Gasteiger partial charge is 0.416 e. The molecule has 13 heteroatoms. The average Bonchev–Trinajstić information content (AvgIpc) is 2.91. The summed E-state index contributed by atoms with van der Waals surface area (Å²) in [6, 6.07) is 6.32. The minimum Gasteiger partial charge on any atom is -0.385 e. The molecule has 0 aliphatic carbocycles. The summed E-state index contributed by atoms with van der Waals surface area (Å²) >= 11 is 0. The maximum absolute atomic E-state index is 13.8. The second-order valence-corrected chi connectivity index (χ2v) is 9.00. The predicted octanol–water partition coefficient (Wildman–Crippen LogP) is 5.71. The number of aromatic nitrogens is 2. The van der Waals surface area contributed by atoms with Crippen LogP contribution >= 0.6 is 0 Å². The summed E-state index contributed by atoms with van der Waals surface area (Å²) in [4.78, 5) is 32.9. The van der Waals surface area contributed by atoms with E-state index >= 15 is 0 Å². The first-order valence-electron chi connectivity index (χ1n) is 12.4. The number of rotatable bonds is 11. The van der Waals surface area contributed by atoms with Crippen LogP contribution in [0.2, 0.25) is 0 Å². The van der Waals surface area contributed by atoms with E-state index in [-0.39, 0.29) is 51.0 Å². The van der Waals surface area contributed by atoms with Gasteiger partial charge in [0.15, 0.2) is 0 Å². The molecule has 1 aromatic heterocycles. The monoisotopic (exact) mass is 573 g/mol. The number of ether oxygens (including phenoxy) is 2. The number of para-hydroxylation sites is 1. The summed E-state index contributed by atoms with van der Waals surface area (Å²) in [6.45, 7) is 1.93. The molecule has 0 bridgehead atoms. The van der Waals surface area contributed by atoms with E-state index in [9.17, 15) is 35.9 Å². The predicted molar refractivity (Wildman–Crippen MR) is 135 cm³/mol. The molecule has 2 aromatic carbocycles. The molecule has 40 heavy (non-hydrogen) atoms. The van der Waals surface area contributed by atoms with Crippen molar-refractivity contribution in [2.45, 2.75) is 44.7 Å². The van der Waals surface area contributed by atoms with Crippen LogP contribution in [0.15, 0.2) is 47.3 Å². The third-order valence-corrected chi connectivity index (χ3v) is 6.31. The molecule has 1 heterocycles. The molecule has 0 fully saturated rings. The Kier molecular flexibility index (Phi) is 9.96. The number of benzene rings is 2. The Labute approximate surface area is 226 Å². The van der Waals surface area contributed by atoms with Crippen molar-refractivity contribution >= 4 is 16.8 Å². The highest BCUT2D eigenvalue weighted by Crippen LogP contribution is 2.37. The topological polar surface area (TPSA) is 73.7 Å². The van der Waals surface area contributed by atoms with Gasteiger partial charge in [0.25, 0.3) is 11.5 Å². The van der Waals surface area contributed by atoms with Crippen LogP contribution in [0.3, 0.4) is 0 Å². The first-order valence-corrected chi connectivity index (χ1v) is 12.4. The molecule has 7 nitrogen and oxygen atoms in total. The Bertz CT molecular complexity index is 1360. The van der Waals surface area contributed by atoms with Crippen LogP contribution in [-0.4, -0.2) is 54.3 Å². The number of alkyl halides is 6. The Morgan fingerprint density at radius 1 is 0.975 bits per heavy atom. The van der Waals surface area contributed by atoms with Crippen LogP contribution in [0, 0.1) is 0 Å². The van der Waals surface area contributed by atoms with E-state index in [4.69, 9.17) is 9.47 Å². The normalized spacial score (nSPS) is 13.0. The molecule has 0 saturated heterocycles. The van der Waals surface area contributed by atoms with Crippen molar-refractivity contribution in [3.05, 3.63) is 75.3 Å². The molecule has 1 unspecified atom stereocenters. The molecule has 3 aromatic rings. The van der Waals surface area contributed by atoms with Gasteiger partial charge in [-0.2, -0.15) is 26.3 Å². The molecule has 1 amide bonds.